The second-order valence-corrected chi connectivity index (χ2v) is 14.2. The van der Waals surface area contributed by atoms with Gasteiger partial charge < -0.3 is 25.5 Å². The molecule has 0 heterocycles. The van der Waals surface area contributed by atoms with Crippen LogP contribution in [0.25, 0.3) is 0 Å². The molecule has 40 heavy (non-hydrogen) atoms. The molecule has 1 aromatic carbocycles. The molecule has 9 heteroatoms. The predicted octanol–water partition coefficient (Wildman–Crippen LogP) is 1.95. The number of benzene rings is 1. The van der Waals surface area contributed by atoms with Gasteiger partial charge in [0.2, 0.25) is 5.91 Å². The number of likely N-dealkylation sites (N-methyl/N-ethyl adjacent to an activating group) is 1. The molecule has 0 aliphatic heterocycles. The molecule has 2 fully saturated rings. The maximum Gasteiger partial charge on any atom is 0.233 e. The Morgan fingerprint density at radius 3 is 2.20 bits per heavy atom. The lowest BCUT2D eigenvalue weighted by molar-refractivity contribution is -0.191. The van der Waals surface area contributed by atoms with Gasteiger partial charge in [-0.25, -0.2) is 0 Å². The van der Waals surface area contributed by atoms with Gasteiger partial charge >= 0.3 is 0 Å². The Morgan fingerprint density at radius 1 is 1.10 bits per heavy atom. The lowest BCUT2D eigenvalue weighted by Gasteiger charge is -2.55. The summed E-state index contributed by atoms with van der Waals surface area (Å²) in [5, 5.41) is 37.4. The Bertz CT molecular complexity index is 1270. The topological polar surface area (TPSA) is 144 Å². The third-order valence-electron chi connectivity index (χ3n) is 9.05. The number of Topliss-reactive ketones (excluding diaryl/α,β-unsaturated/α-hetero) is 3. The Hall–Kier alpha value is -2.62. The molecule has 3 unspecified atom stereocenters. The van der Waals surface area contributed by atoms with Crippen LogP contribution in [-0.2, 0) is 32.6 Å². The van der Waals surface area contributed by atoms with Gasteiger partial charge in [0.1, 0.15) is 11.7 Å². The number of carbonyl (C=O) groups is 4. The minimum atomic E-state index is -2.63. The van der Waals surface area contributed by atoms with Crippen LogP contribution in [0.3, 0.4) is 0 Å². The first-order valence-corrected chi connectivity index (χ1v) is 14.2. The maximum absolute atomic E-state index is 14.2. The molecular formula is C31H44N2O7. The third-order valence-corrected chi connectivity index (χ3v) is 9.05. The van der Waals surface area contributed by atoms with Crippen LogP contribution in [-0.4, -0.2) is 80.9 Å². The molecule has 2 saturated carbocycles. The van der Waals surface area contributed by atoms with E-state index in [1.807, 2.05) is 33.8 Å². The smallest absolute Gasteiger partial charge is 0.233 e. The zero-order chi connectivity index (χ0) is 30.3. The SMILES string of the molecule is CCc1cc(C(C)(C)C)c(O)c2c1C[C@@H]1C[C@@H]3[C@@H](N(C)C)C(O)C(C(=O)NC(C)(C)C)C(=O)[C@]3(O)C(=O)C1C2=O. The highest BCUT2D eigenvalue weighted by atomic mass is 16.3. The number of ketones is 3. The fourth-order valence-corrected chi connectivity index (χ4v) is 7.28. The van der Waals surface area contributed by atoms with E-state index in [0.717, 1.165) is 5.56 Å². The molecular weight excluding hydrogens is 512 g/mol. The van der Waals surface area contributed by atoms with Gasteiger partial charge in [-0.3, -0.25) is 19.2 Å². The Kier molecular flexibility index (Phi) is 7.39. The number of amides is 1. The monoisotopic (exact) mass is 556 g/mol. The van der Waals surface area contributed by atoms with E-state index in [4.69, 9.17) is 0 Å². The summed E-state index contributed by atoms with van der Waals surface area (Å²) < 4.78 is 0. The van der Waals surface area contributed by atoms with Gasteiger partial charge in [0.15, 0.2) is 23.0 Å². The van der Waals surface area contributed by atoms with Crippen LogP contribution in [0.5, 0.6) is 5.75 Å². The van der Waals surface area contributed by atoms with E-state index in [0.29, 0.717) is 24.0 Å². The lowest BCUT2D eigenvalue weighted by Crippen LogP contribution is -2.75. The molecule has 9 nitrogen and oxygen atoms in total. The summed E-state index contributed by atoms with van der Waals surface area (Å²) in [6, 6.07) is 1.04. The van der Waals surface area contributed by atoms with E-state index in [1.165, 1.54) is 0 Å². The lowest BCUT2D eigenvalue weighted by atomic mass is 9.51. The van der Waals surface area contributed by atoms with Crippen LogP contribution in [0.1, 0.15) is 81.9 Å². The molecule has 0 saturated heterocycles. The highest BCUT2D eigenvalue weighted by molar-refractivity contribution is 6.25. The molecule has 0 spiro atoms. The molecule has 4 rings (SSSR count). The zero-order valence-corrected chi connectivity index (χ0v) is 25.1. The van der Waals surface area contributed by atoms with Crippen LogP contribution in [0.4, 0.5) is 0 Å². The first kappa shape index (κ1) is 30.3. The molecule has 3 aliphatic carbocycles. The Balaban J connectivity index is 1.87. The largest absolute Gasteiger partial charge is 0.507 e. The number of nitrogens with one attached hydrogen (secondary N) is 1. The second-order valence-electron chi connectivity index (χ2n) is 14.2. The number of aliphatic hydroxyl groups excluding tert-OH is 1. The van der Waals surface area contributed by atoms with Crippen molar-refractivity contribution in [3.05, 3.63) is 28.3 Å². The molecule has 0 bridgehead atoms. The van der Waals surface area contributed by atoms with Crippen molar-refractivity contribution >= 4 is 23.3 Å². The molecule has 1 aromatic rings. The van der Waals surface area contributed by atoms with Crippen LogP contribution in [0, 0.1) is 23.7 Å². The van der Waals surface area contributed by atoms with Crippen LogP contribution >= 0.6 is 0 Å². The molecule has 0 aromatic heterocycles. The van der Waals surface area contributed by atoms with Crippen molar-refractivity contribution in [2.45, 2.75) is 96.4 Å². The van der Waals surface area contributed by atoms with Crippen molar-refractivity contribution in [3.8, 4) is 5.75 Å². The molecule has 0 radical (unpaired) electrons. The number of fused-ring (bicyclic) bond motifs is 3. The van der Waals surface area contributed by atoms with Gasteiger partial charge in [0, 0.05) is 23.1 Å². The number of aryl methyl sites for hydroxylation is 1. The highest BCUT2D eigenvalue weighted by Crippen LogP contribution is 2.52. The fraction of sp³-hybridized carbons (Fsp3) is 0.677. The van der Waals surface area contributed by atoms with Gasteiger partial charge in [-0.15, -0.1) is 0 Å². The summed E-state index contributed by atoms with van der Waals surface area (Å²) in [7, 11) is 3.34. The van der Waals surface area contributed by atoms with Crippen molar-refractivity contribution in [2.24, 2.45) is 23.7 Å². The first-order chi connectivity index (χ1) is 18.3. The number of hydrogen-bond donors (Lipinski definition) is 4. The van der Waals surface area contributed by atoms with Crippen LogP contribution < -0.4 is 5.32 Å². The number of aliphatic hydroxyl groups is 2. The Morgan fingerprint density at radius 2 is 1.70 bits per heavy atom. The van der Waals surface area contributed by atoms with Gasteiger partial charge in [-0.05, 0) is 76.6 Å². The van der Waals surface area contributed by atoms with Gasteiger partial charge in [0.05, 0.1) is 17.6 Å². The average Bonchev–Trinajstić information content (AvgIpc) is 2.79. The van der Waals surface area contributed by atoms with Crippen LogP contribution in [0.2, 0.25) is 0 Å². The maximum atomic E-state index is 14.2. The fourth-order valence-electron chi connectivity index (χ4n) is 7.28. The summed E-state index contributed by atoms with van der Waals surface area (Å²) in [5.41, 5.74) is -1.53. The summed E-state index contributed by atoms with van der Waals surface area (Å²) in [6.45, 7) is 12.9. The normalized spacial score (nSPS) is 32.5. The van der Waals surface area contributed by atoms with E-state index in [1.54, 1.807) is 39.8 Å². The van der Waals surface area contributed by atoms with Gasteiger partial charge in [0.25, 0.3) is 0 Å². The van der Waals surface area contributed by atoms with Crippen LogP contribution in [0.15, 0.2) is 6.07 Å². The number of phenolic OH excluding ortho intramolecular Hbond substituents is 1. The second kappa shape index (κ2) is 9.74. The van der Waals surface area contributed by atoms with Gasteiger partial charge in [-0.1, -0.05) is 33.8 Å². The minimum absolute atomic E-state index is 0.0930. The third kappa shape index (κ3) is 4.50. The number of hydrogen-bond acceptors (Lipinski definition) is 8. The average molecular weight is 557 g/mol. The first-order valence-electron chi connectivity index (χ1n) is 14.2. The molecule has 1 amide bonds. The van der Waals surface area contributed by atoms with Crippen molar-refractivity contribution in [3.63, 3.8) is 0 Å². The molecule has 4 N–H and O–H groups in total. The van der Waals surface area contributed by atoms with Crippen molar-refractivity contribution in [1.82, 2.24) is 10.2 Å². The van der Waals surface area contributed by atoms with E-state index in [9.17, 15) is 34.5 Å². The van der Waals surface area contributed by atoms with E-state index in [-0.39, 0.29) is 17.7 Å². The zero-order valence-electron chi connectivity index (χ0n) is 25.1. The van der Waals surface area contributed by atoms with E-state index in [2.05, 4.69) is 5.32 Å². The van der Waals surface area contributed by atoms with Crippen molar-refractivity contribution < 1.29 is 34.5 Å². The molecule has 3 aliphatic rings. The summed E-state index contributed by atoms with van der Waals surface area (Å²) in [6.07, 6.45) is -0.387. The molecule has 7 atom stereocenters. The Labute approximate surface area is 236 Å². The quantitative estimate of drug-likeness (QED) is 0.414. The predicted molar refractivity (Wildman–Crippen MR) is 149 cm³/mol. The molecule has 220 valence electrons. The number of nitrogens with zero attached hydrogens (tertiary/aromatic N) is 1. The summed E-state index contributed by atoms with van der Waals surface area (Å²) in [5.74, 6) is -8.13. The number of carbonyl (C=O) groups excluding carboxylic acids is 4. The minimum Gasteiger partial charge on any atom is -0.507 e. The number of phenols is 1. The number of rotatable bonds is 3. The van der Waals surface area contributed by atoms with Crippen molar-refractivity contribution in [1.29, 1.82) is 0 Å². The van der Waals surface area contributed by atoms with E-state index >= 15 is 0 Å². The summed E-state index contributed by atoms with van der Waals surface area (Å²) in [4.78, 5) is 57.1. The standard InChI is InChI=1S/C31H44N2O7/c1-10-14-12-18(29(2,3)4)23(34)20-16(14)11-15-13-17-22(33(8)9)25(36)21(28(39)32-30(5,6)7)27(38)31(17,40)26(37)19(15)24(20)35/h12,15,17,19,21-22,25,34,36,40H,10-11,13H2,1-9H3,(H,32,39)/t15-,17-,19?,21?,22-,25?,31-/m1/s1. The number of aromatic hydroxyl groups is 1. The van der Waals surface area contributed by atoms with Crippen molar-refractivity contribution in [2.75, 3.05) is 14.1 Å². The van der Waals surface area contributed by atoms with Gasteiger partial charge in [-0.2, -0.15) is 0 Å². The highest BCUT2D eigenvalue weighted by Gasteiger charge is 2.69. The van der Waals surface area contributed by atoms with E-state index < -0.39 is 75.6 Å². The summed E-state index contributed by atoms with van der Waals surface area (Å²) >= 11 is 0.